The maximum Gasteiger partial charge on any atom is 0.0375 e. The van der Waals surface area contributed by atoms with E-state index in [2.05, 4.69) is 30.1 Å². The number of allylic oxidation sites excluding steroid dienone is 3. The van der Waals surface area contributed by atoms with E-state index in [9.17, 15) is 0 Å². The number of nitrogens with one attached hydrogen (secondary N) is 1. The fourth-order valence-electron chi connectivity index (χ4n) is 3.05. The second-order valence-corrected chi connectivity index (χ2v) is 5.87. The van der Waals surface area contributed by atoms with Crippen LogP contribution >= 0.6 is 0 Å². The Morgan fingerprint density at radius 1 is 1.33 bits per heavy atom. The van der Waals surface area contributed by atoms with Crippen molar-refractivity contribution in [1.29, 1.82) is 0 Å². The van der Waals surface area contributed by atoms with E-state index in [1.807, 2.05) is 6.92 Å². The highest BCUT2D eigenvalue weighted by molar-refractivity contribution is 5.35. The molecule has 0 radical (unpaired) electrons. The Bertz CT molecular complexity index is 352. The molecule has 0 aromatic carbocycles. The van der Waals surface area contributed by atoms with Crippen molar-refractivity contribution >= 4 is 0 Å². The van der Waals surface area contributed by atoms with E-state index >= 15 is 0 Å². The average Bonchev–Trinajstić information content (AvgIpc) is 2.20. The molecule has 3 nitrogen and oxygen atoms in total. The van der Waals surface area contributed by atoms with Crippen molar-refractivity contribution in [2.75, 3.05) is 26.2 Å². The topological polar surface area (TPSA) is 41.3 Å². The normalized spacial score (nSPS) is 23.5. The minimum absolute atomic E-state index is 0.576. The zero-order valence-corrected chi connectivity index (χ0v) is 12.1. The number of nitrogens with two attached hydrogens (primary N) is 1. The summed E-state index contributed by atoms with van der Waals surface area (Å²) >= 11 is 0. The Hall–Kier alpha value is -0.960. The lowest BCUT2D eigenvalue weighted by atomic mass is 9.73. The van der Waals surface area contributed by atoms with E-state index < -0.39 is 0 Å². The van der Waals surface area contributed by atoms with E-state index in [1.165, 1.54) is 37.4 Å². The van der Waals surface area contributed by atoms with Crippen LogP contribution in [0.4, 0.5) is 0 Å². The summed E-state index contributed by atoms with van der Waals surface area (Å²) in [4.78, 5) is 2.52. The first kappa shape index (κ1) is 13.5. The summed E-state index contributed by atoms with van der Waals surface area (Å²) in [5.41, 5.74) is 10.4. The van der Waals surface area contributed by atoms with Gasteiger partial charge in [-0.15, -0.1) is 0 Å². The lowest BCUT2D eigenvalue weighted by molar-refractivity contribution is -0.0152. The Morgan fingerprint density at radius 2 is 2.00 bits per heavy atom. The monoisotopic (exact) mass is 249 g/mol. The fraction of sp³-hybridized carbons (Fsp3) is 0.733. The van der Waals surface area contributed by atoms with Crippen LogP contribution in [0.2, 0.25) is 0 Å². The van der Waals surface area contributed by atoms with Crippen molar-refractivity contribution in [3.8, 4) is 0 Å². The van der Waals surface area contributed by atoms with Gasteiger partial charge in [0.25, 0.3) is 0 Å². The maximum absolute atomic E-state index is 6.08. The second-order valence-electron chi connectivity index (χ2n) is 5.87. The Morgan fingerprint density at radius 3 is 2.39 bits per heavy atom. The van der Waals surface area contributed by atoms with E-state index in [0.29, 0.717) is 5.41 Å². The summed E-state index contributed by atoms with van der Waals surface area (Å²) in [6.07, 6.45) is 5.68. The molecule has 0 aromatic heterocycles. The van der Waals surface area contributed by atoms with Crippen molar-refractivity contribution < 1.29 is 0 Å². The fourth-order valence-corrected chi connectivity index (χ4v) is 3.05. The van der Waals surface area contributed by atoms with Crippen LogP contribution in [0.15, 0.2) is 23.0 Å². The molecule has 0 aliphatic carbocycles. The highest BCUT2D eigenvalue weighted by atomic mass is 15.3. The average molecular weight is 249 g/mol. The Kier molecular flexibility index (Phi) is 4.00. The molecular weight excluding hydrogens is 222 g/mol. The van der Waals surface area contributed by atoms with E-state index in [4.69, 9.17) is 5.73 Å². The van der Waals surface area contributed by atoms with Gasteiger partial charge in [0.1, 0.15) is 0 Å². The molecule has 0 saturated carbocycles. The Labute approximate surface area is 111 Å². The molecule has 0 unspecified atom stereocenters. The molecule has 3 heteroatoms. The zero-order chi connectivity index (χ0) is 13.2. The van der Waals surface area contributed by atoms with Crippen molar-refractivity contribution in [1.82, 2.24) is 10.2 Å². The lowest BCUT2D eigenvalue weighted by Gasteiger charge is -2.58. The van der Waals surface area contributed by atoms with Gasteiger partial charge in [-0.3, -0.25) is 0 Å². The van der Waals surface area contributed by atoms with Crippen LogP contribution in [-0.2, 0) is 0 Å². The van der Waals surface area contributed by atoms with Crippen molar-refractivity contribution in [2.24, 2.45) is 11.1 Å². The molecule has 0 amide bonds. The molecule has 2 saturated heterocycles. The third-order valence-corrected chi connectivity index (χ3v) is 4.08. The van der Waals surface area contributed by atoms with Crippen LogP contribution in [0.25, 0.3) is 0 Å². The molecule has 1 spiro atoms. The first-order chi connectivity index (χ1) is 8.62. The third-order valence-electron chi connectivity index (χ3n) is 4.08. The van der Waals surface area contributed by atoms with Gasteiger partial charge in [-0.25, -0.2) is 0 Å². The molecule has 18 heavy (non-hydrogen) atoms. The Balaban J connectivity index is 2.09. The molecule has 2 aliphatic heterocycles. The summed E-state index contributed by atoms with van der Waals surface area (Å²) in [5.74, 6) is 0. The van der Waals surface area contributed by atoms with E-state index in [0.717, 1.165) is 25.0 Å². The molecule has 0 atom stereocenters. The second kappa shape index (κ2) is 5.35. The van der Waals surface area contributed by atoms with E-state index in [-0.39, 0.29) is 0 Å². The van der Waals surface area contributed by atoms with Crippen LogP contribution in [0.5, 0.6) is 0 Å². The molecule has 2 fully saturated rings. The summed E-state index contributed by atoms with van der Waals surface area (Å²) in [7, 11) is 0. The summed E-state index contributed by atoms with van der Waals surface area (Å²) in [5, 5.41) is 3.39. The first-order valence-electron chi connectivity index (χ1n) is 7.23. The molecule has 0 bridgehead atoms. The van der Waals surface area contributed by atoms with Gasteiger partial charge < -0.3 is 16.0 Å². The standard InChI is InChI=1S/C15H27N3/c1-4-6-13(12(3)16)14(7-5-2)18-10-15(11-18)8-17-9-15/h7,17H,4-6,8-11,16H2,1-3H3/b13-12-,14-7+. The molecule has 0 aromatic rings. The van der Waals surface area contributed by atoms with Crippen molar-refractivity contribution in [3.63, 3.8) is 0 Å². The van der Waals surface area contributed by atoms with Gasteiger partial charge in [0.05, 0.1) is 0 Å². The lowest BCUT2D eigenvalue weighted by Crippen LogP contribution is -2.70. The van der Waals surface area contributed by atoms with Gasteiger partial charge in [-0.2, -0.15) is 0 Å². The molecule has 102 valence electrons. The third kappa shape index (κ3) is 2.41. The van der Waals surface area contributed by atoms with Crippen molar-refractivity contribution in [3.05, 3.63) is 23.0 Å². The highest BCUT2D eigenvalue weighted by Crippen LogP contribution is 2.39. The number of likely N-dealkylation sites (tertiary alicyclic amines) is 1. The summed E-state index contributed by atoms with van der Waals surface area (Å²) < 4.78 is 0. The summed E-state index contributed by atoms with van der Waals surface area (Å²) in [6, 6.07) is 0. The predicted octanol–water partition coefficient (Wildman–Crippen LogP) is 2.22. The number of rotatable bonds is 5. The minimum Gasteiger partial charge on any atom is -0.402 e. The van der Waals surface area contributed by atoms with Gasteiger partial charge in [0, 0.05) is 43.0 Å². The van der Waals surface area contributed by atoms with Crippen LogP contribution in [-0.4, -0.2) is 31.1 Å². The summed E-state index contributed by atoms with van der Waals surface area (Å²) in [6.45, 7) is 11.2. The van der Waals surface area contributed by atoms with E-state index in [1.54, 1.807) is 0 Å². The predicted molar refractivity (Wildman–Crippen MR) is 77.0 cm³/mol. The van der Waals surface area contributed by atoms with Gasteiger partial charge in [0.15, 0.2) is 0 Å². The largest absolute Gasteiger partial charge is 0.402 e. The molecular formula is C15H27N3. The first-order valence-corrected chi connectivity index (χ1v) is 7.23. The van der Waals surface area contributed by atoms with Crippen LogP contribution in [0.3, 0.4) is 0 Å². The number of hydrogen-bond acceptors (Lipinski definition) is 3. The van der Waals surface area contributed by atoms with Gasteiger partial charge >= 0.3 is 0 Å². The smallest absolute Gasteiger partial charge is 0.0375 e. The number of hydrogen-bond donors (Lipinski definition) is 2. The van der Waals surface area contributed by atoms with Crippen LogP contribution in [0.1, 0.15) is 40.0 Å². The molecule has 2 heterocycles. The minimum atomic E-state index is 0.576. The quantitative estimate of drug-likeness (QED) is 0.734. The highest BCUT2D eigenvalue weighted by Gasteiger charge is 2.48. The molecule has 3 N–H and O–H groups in total. The van der Waals surface area contributed by atoms with Gasteiger partial charge in [0.2, 0.25) is 0 Å². The van der Waals surface area contributed by atoms with Gasteiger partial charge in [-0.1, -0.05) is 26.3 Å². The molecule has 2 rings (SSSR count). The van der Waals surface area contributed by atoms with Crippen LogP contribution < -0.4 is 11.1 Å². The zero-order valence-electron chi connectivity index (χ0n) is 12.1. The number of nitrogens with zero attached hydrogens (tertiary/aromatic N) is 1. The maximum atomic E-state index is 6.08. The SMILES string of the molecule is CC/C=C(\C(CCC)=C(\C)N)N1CC2(CNC2)C1. The van der Waals surface area contributed by atoms with Crippen molar-refractivity contribution in [2.45, 2.75) is 40.0 Å². The van der Waals surface area contributed by atoms with Gasteiger partial charge in [-0.05, 0) is 25.3 Å². The molecule has 2 aliphatic rings. The van der Waals surface area contributed by atoms with Crippen LogP contribution in [0, 0.1) is 5.41 Å².